The van der Waals surface area contributed by atoms with Crippen molar-refractivity contribution in [3.8, 4) is 0 Å². The van der Waals surface area contributed by atoms with Crippen LogP contribution >= 0.6 is 0 Å². The number of rotatable bonds is 10. The number of hydrogen-bond donors (Lipinski definition) is 1. The van der Waals surface area contributed by atoms with Crippen LogP contribution in [0.3, 0.4) is 0 Å². The molecular weight excluding hydrogens is 540 g/mol. The van der Waals surface area contributed by atoms with E-state index in [-0.39, 0.29) is 40.2 Å². The van der Waals surface area contributed by atoms with Crippen LogP contribution in [0.1, 0.15) is 89.0 Å². The van der Waals surface area contributed by atoms with Crippen LogP contribution in [0.15, 0.2) is 119 Å². The Labute approximate surface area is 268 Å². The van der Waals surface area contributed by atoms with Gasteiger partial charge in [0.1, 0.15) is 6.10 Å². The van der Waals surface area contributed by atoms with Crippen molar-refractivity contribution in [2.75, 3.05) is 0 Å². The quantitative estimate of drug-likeness (QED) is 0.255. The summed E-state index contributed by atoms with van der Waals surface area (Å²) in [4.78, 5) is 24.8. The van der Waals surface area contributed by atoms with Crippen molar-refractivity contribution in [3.05, 3.63) is 119 Å². The van der Waals surface area contributed by atoms with E-state index in [1.807, 2.05) is 39.0 Å². The van der Waals surface area contributed by atoms with Gasteiger partial charge in [0.25, 0.3) is 0 Å². The summed E-state index contributed by atoms with van der Waals surface area (Å²) in [6.07, 6.45) is 29.7. The molecule has 3 heteroatoms. The lowest BCUT2D eigenvalue weighted by molar-refractivity contribution is -0.140. The smallest absolute Gasteiger partial charge is 0.164 e. The maximum Gasteiger partial charge on any atom is 0.164 e. The zero-order valence-corrected chi connectivity index (χ0v) is 29.1. The first-order valence-corrected chi connectivity index (χ1v) is 16.0. The summed E-state index contributed by atoms with van der Waals surface area (Å²) in [5, 5.41) is 10.1. The average molecular weight is 597 g/mol. The highest BCUT2D eigenvalue weighted by atomic mass is 16.3. The van der Waals surface area contributed by atoms with Crippen molar-refractivity contribution in [2.45, 2.75) is 95.1 Å². The van der Waals surface area contributed by atoms with Gasteiger partial charge >= 0.3 is 0 Å². The van der Waals surface area contributed by atoms with E-state index < -0.39 is 6.10 Å². The second-order valence-electron chi connectivity index (χ2n) is 14.3. The molecule has 1 N–H and O–H groups in total. The van der Waals surface area contributed by atoms with E-state index in [9.17, 15) is 14.7 Å². The zero-order valence-electron chi connectivity index (χ0n) is 29.1. The van der Waals surface area contributed by atoms with Gasteiger partial charge < -0.3 is 5.11 Å². The third-order valence-corrected chi connectivity index (χ3v) is 9.05. The van der Waals surface area contributed by atoms with Crippen LogP contribution in [0, 0.1) is 28.6 Å². The number of carbonyl (C=O) groups excluding carboxylic acids is 2. The van der Waals surface area contributed by atoms with Crippen molar-refractivity contribution < 1.29 is 14.7 Å². The fraction of sp³-hybridized carbons (Fsp3) is 0.463. The van der Waals surface area contributed by atoms with E-state index in [0.717, 1.165) is 39.9 Å². The SMILES string of the molecule is CC1=C(/C=C/C(C)=C/C=C/C(C)=C/C=C/C=C(C)/C=C/C=C(C)/C=C/C2C(C)C(=O)[C@@H](O)CC2(C)C)C(C)(C)CC(C)C1=O. The summed E-state index contributed by atoms with van der Waals surface area (Å²) < 4.78 is 0. The van der Waals surface area contributed by atoms with E-state index in [1.165, 1.54) is 0 Å². The second-order valence-corrected chi connectivity index (χ2v) is 14.3. The Balaban J connectivity index is 1.93. The number of aliphatic hydroxyl groups is 1. The lowest BCUT2D eigenvalue weighted by atomic mass is 9.62. The Morgan fingerprint density at radius 2 is 1.20 bits per heavy atom. The summed E-state index contributed by atoms with van der Waals surface area (Å²) in [5.41, 5.74) is 6.48. The van der Waals surface area contributed by atoms with Crippen LogP contribution in [-0.2, 0) is 9.59 Å². The minimum absolute atomic E-state index is 0.00620. The first-order chi connectivity index (χ1) is 20.5. The van der Waals surface area contributed by atoms with Gasteiger partial charge in [-0.2, -0.15) is 0 Å². The Morgan fingerprint density at radius 3 is 1.75 bits per heavy atom. The molecule has 0 heterocycles. The first-order valence-electron chi connectivity index (χ1n) is 16.0. The summed E-state index contributed by atoms with van der Waals surface area (Å²) in [6.45, 7) is 22.9. The van der Waals surface area contributed by atoms with Crippen LogP contribution in [0.25, 0.3) is 0 Å². The molecule has 0 radical (unpaired) electrons. The van der Waals surface area contributed by atoms with Gasteiger partial charge in [0.15, 0.2) is 11.6 Å². The van der Waals surface area contributed by atoms with Crippen LogP contribution in [0.2, 0.25) is 0 Å². The molecule has 238 valence electrons. The van der Waals surface area contributed by atoms with E-state index >= 15 is 0 Å². The van der Waals surface area contributed by atoms with Gasteiger partial charge in [-0.05, 0) is 75.4 Å². The lowest BCUT2D eigenvalue weighted by Crippen LogP contribution is -2.45. The molecule has 0 aromatic rings. The number of carbonyl (C=O) groups is 2. The van der Waals surface area contributed by atoms with Gasteiger partial charge in [0, 0.05) is 11.8 Å². The van der Waals surface area contributed by atoms with Gasteiger partial charge in [0.05, 0.1) is 0 Å². The molecule has 0 saturated heterocycles. The van der Waals surface area contributed by atoms with Crippen molar-refractivity contribution in [2.24, 2.45) is 28.6 Å². The topological polar surface area (TPSA) is 54.4 Å². The molecule has 0 spiro atoms. The fourth-order valence-corrected chi connectivity index (χ4v) is 6.46. The minimum atomic E-state index is -0.843. The molecule has 3 nitrogen and oxygen atoms in total. The van der Waals surface area contributed by atoms with Crippen molar-refractivity contribution >= 4 is 11.6 Å². The molecule has 0 bridgehead atoms. The number of allylic oxidation sites excluding steroid dienone is 20. The Kier molecular flexibility index (Phi) is 13.5. The monoisotopic (exact) mass is 596 g/mol. The molecule has 0 aliphatic heterocycles. The van der Waals surface area contributed by atoms with Gasteiger partial charge in [-0.1, -0.05) is 149 Å². The number of hydrogen-bond acceptors (Lipinski definition) is 3. The average Bonchev–Trinajstić information content (AvgIpc) is 2.92. The lowest BCUT2D eigenvalue weighted by Gasteiger charge is -2.42. The summed E-state index contributed by atoms with van der Waals surface area (Å²) in [6, 6.07) is 0. The predicted molar refractivity (Wildman–Crippen MR) is 188 cm³/mol. The Hall–Kier alpha value is -3.30. The third kappa shape index (κ3) is 10.7. The molecule has 0 amide bonds. The molecule has 2 aliphatic rings. The second kappa shape index (κ2) is 16.1. The van der Waals surface area contributed by atoms with Crippen molar-refractivity contribution in [1.82, 2.24) is 0 Å². The van der Waals surface area contributed by atoms with E-state index in [4.69, 9.17) is 0 Å². The molecule has 3 unspecified atom stereocenters. The maximum absolute atomic E-state index is 12.5. The van der Waals surface area contributed by atoms with Crippen LogP contribution in [-0.4, -0.2) is 22.8 Å². The highest BCUT2D eigenvalue weighted by molar-refractivity contribution is 5.98. The molecule has 1 saturated carbocycles. The molecular formula is C41H56O3. The van der Waals surface area contributed by atoms with Gasteiger partial charge in [-0.3, -0.25) is 9.59 Å². The third-order valence-electron chi connectivity index (χ3n) is 9.05. The van der Waals surface area contributed by atoms with E-state index in [1.54, 1.807) is 0 Å². The van der Waals surface area contributed by atoms with Gasteiger partial charge in [0.2, 0.25) is 0 Å². The molecule has 0 aromatic carbocycles. The van der Waals surface area contributed by atoms with Crippen LogP contribution in [0.5, 0.6) is 0 Å². The molecule has 44 heavy (non-hydrogen) atoms. The first kappa shape index (κ1) is 36.9. The molecule has 2 rings (SSSR count). The Morgan fingerprint density at radius 1 is 0.727 bits per heavy atom. The summed E-state index contributed by atoms with van der Waals surface area (Å²) >= 11 is 0. The molecule has 2 aliphatic carbocycles. The van der Waals surface area contributed by atoms with Gasteiger partial charge in [-0.15, -0.1) is 0 Å². The van der Waals surface area contributed by atoms with Crippen LogP contribution in [0.4, 0.5) is 0 Å². The number of ketones is 2. The summed E-state index contributed by atoms with van der Waals surface area (Å²) in [7, 11) is 0. The van der Waals surface area contributed by atoms with E-state index in [0.29, 0.717) is 6.42 Å². The van der Waals surface area contributed by atoms with Crippen LogP contribution < -0.4 is 0 Å². The van der Waals surface area contributed by atoms with Gasteiger partial charge in [-0.25, -0.2) is 0 Å². The molecule has 1 fully saturated rings. The predicted octanol–water partition coefficient (Wildman–Crippen LogP) is 10.1. The highest BCUT2D eigenvalue weighted by Gasteiger charge is 2.44. The minimum Gasteiger partial charge on any atom is -0.385 e. The molecule has 4 atom stereocenters. The van der Waals surface area contributed by atoms with E-state index in [2.05, 4.69) is 122 Å². The van der Waals surface area contributed by atoms with Crippen molar-refractivity contribution in [1.29, 1.82) is 0 Å². The number of Topliss-reactive ketones (excluding diaryl/α,β-unsaturated/α-hetero) is 2. The highest BCUT2D eigenvalue weighted by Crippen LogP contribution is 2.44. The summed E-state index contributed by atoms with van der Waals surface area (Å²) in [5.74, 6) is 0.247. The molecule has 0 aromatic heterocycles. The zero-order chi connectivity index (χ0) is 33.2. The number of aliphatic hydroxyl groups excluding tert-OH is 1. The maximum atomic E-state index is 12.5. The fourth-order valence-electron chi connectivity index (χ4n) is 6.46. The largest absolute Gasteiger partial charge is 0.385 e. The Bertz CT molecular complexity index is 1370. The standard InChI is InChI=1S/C41H56O3/c1-28(18-14-20-30(3)22-24-35-33(6)38(43)32(5)26-40(35,8)9)16-12-13-17-29(2)19-15-21-31(4)23-25-36-34(7)39(44)37(42)27-41(36,10)11/h12-25,32,34,36-37,42H,26-27H2,1-11H3/b13-12+,18-14+,19-15+,24-22+,25-23+,28-16+,29-17+,30-20+,31-21+/t32?,34?,36?,37-/m0/s1. The normalized spacial score (nSPS) is 27.8. The van der Waals surface area contributed by atoms with Crippen molar-refractivity contribution in [3.63, 3.8) is 0 Å².